The highest BCUT2D eigenvalue weighted by Gasteiger charge is 2.26. The summed E-state index contributed by atoms with van der Waals surface area (Å²) in [6, 6.07) is 6.68. The van der Waals surface area contributed by atoms with Crippen molar-refractivity contribution in [2.24, 2.45) is 28.6 Å². The van der Waals surface area contributed by atoms with Gasteiger partial charge < -0.3 is 4.74 Å². The molecule has 4 nitrogen and oxygen atoms in total. The molecular formula is C24H41NO3. The molecule has 0 unspecified atom stereocenters. The first-order valence-corrected chi connectivity index (χ1v) is 10.6. The summed E-state index contributed by atoms with van der Waals surface area (Å²) in [5, 5.41) is 11.3. The van der Waals surface area contributed by atoms with Gasteiger partial charge >= 0.3 is 5.69 Å². The number of nitro groups is 1. The molecule has 0 heterocycles. The summed E-state index contributed by atoms with van der Waals surface area (Å²) in [5.41, 5.74) is 0.645. The molecule has 4 heteroatoms. The molecule has 0 spiro atoms. The Hall–Kier alpha value is -1.58. The van der Waals surface area contributed by atoms with E-state index in [1.54, 1.807) is 18.2 Å². The second-order valence-electron chi connectivity index (χ2n) is 11.0. The van der Waals surface area contributed by atoms with Crippen molar-refractivity contribution in [3.63, 3.8) is 0 Å². The minimum Gasteiger partial charge on any atom is -0.487 e. The Morgan fingerprint density at radius 1 is 0.964 bits per heavy atom. The third-order valence-corrected chi connectivity index (χ3v) is 5.25. The smallest absolute Gasteiger partial charge is 0.310 e. The van der Waals surface area contributed by atoms with Gasteiger partial charge in [-0.1, -0.05) is 73.9 Å². The van der Waals surface area contributed by atoms with Crippen LogP contribution in [-0.4, -0.2) is 11.5 Å². The monoisotopic (exact) mass is 391 g/mol. The molecule has 0 amide bonds. The quantitative estimate of drug-likeness (QED) is 0.306. The number of para-hydroxylation sites is 2. The highest BCUT2D eigenvalue weighted by molar-refractivity contribution is 5.45. The van der Waals surface area contributed by atoms with E-state index >= 15 is 0 Å². The summed E-state index contributed by atoms with van der Waals surface area (Å²) in [7, 11) is 0. The Kier molecular flexibility index (Phi) is 8.97. The minimum atomic E-state index is -0.367. The molecule has 0 fully saturated rings. The van der Waals surface area contributed by atoms with Crippen molar-refractivity contribution in [2.45, 2.75) is 81.1 Å². The predicted molar refractivity (Wildman–Crippen MR) is 118 cm³/mol. The van der Waals surface area contributed by atoms with Crippen molar-refractivity contribution in [2.75, 3.05) is 6.61 Å². The zero-order chi connectivity index (χ0) is 21.5. The lowest BCUT2D eigenvalue weighted by molar-refractivity contribution is -0.385. The average molecular weight is 392 g/mol. The fourth-order valence-electron chi connectivity index (χ4n) is 4.24. The molecule has 0 N–H and O–H groups in total. The third kappa shape index (κ3) is 9.57. The lowest BCUT2D eigenvalue weighted by Gasteiger charge is -2.31. The van der Waals surface area contributed by atoms with Crippen molar-refractivity contribution in [3.05, 3.63) is 34.4 Å². The average Bonchev–Trinajstić information content (AvgIpc) is 2.51. The number of ether oxygens (including phenoxy) is 1. The first-order valence-electron chi connectivity index (χ1n) is 10.6. The van der Waals surface area contributed by atoms with Gasteiger partial charge in [-0.25, -0.2) is 0 Å². The number of hydrogen-bond donors (Lipinski definition) is 0. The second-order valence-corrected chi connectivity index (χ2v) is 11.0. The van der Waals surface area contributed by atoms with Crippen LogP contribution >= 0.6 is 0 Å². The molecule has 160 valence electrons. The zero-order valence-corrected chi connectivity index (χ0v) is 19.2. The molecular weight excluding hydrogens is 350 g/mol. The molecule has 0 radical (unpaired) electrons. The lowest BCUT2D eigenvalue weighted by Crippen LogP contribution is -2.25. The topological polar surface area (TPSA) is 52.4 Å². The van der Waals surface area contributed by atoms with E-state index in [0.29, 0.717) is 35.5 Å². The van der Waals surface area contributed by atoms with Crippen LogP contribution in [0.25, 0.3) is 0 Å². The van der Waals surface area contributed by atoms with E-state index in [1.165, 1.54) is 12.5 Å². The molecule has 0 aliphatic rings. The van der Waals surface area contributed by atoms with Gasteiger partial charge in [-0.15, -0.1) is 0 Å². The minimum absolute atomic E-state index is 0.0471. The Morgan fingerprint density at radius 3 is 2.07 bits per heavy atom. The number of nitrogens with zero attached hydrogens (tertiary/aromatic N) is 1. The number of nitro benzene ring substituents is 1. The van der Waals surface area contributed by atoms with Crippen LogP contribution in [0, 0.1) is 38.7 Å². The zero-order valence-electron chi connectivity index (χ0n) is 19.2. The summed E-state index contributed by atoms with van der Waals surface area (Å²) < 4.78 is 5.99. The fraction of sp³-hybridized carbons (Fsp3) is 0.750. The highest BCUT2D eigenvalue weighted by atomic mass is 16.6. The number of benzene rings is 1. The lowest BCUT2D eigenvalue weighted by atomic mass is 9.76. The molecule has 1 aromatic carbocycles. The standard InChI is InChI=1S/C24H41NO3/c1-18(15-23(3,4)5)13-14-20(19(2)16-24(6,7)8)17-28-22-12-10-9-11-21(22)25(26)27/h9-12,18-20H,13-17H2,1-8H3/t18-,19-,20+/m1/s1. The summed E-state index contributed by atoms with van der Waals surface area (Å²) in [4.78, 5) is 10.9. The summed E-state index contributed by atoms with van der Waals surface area (Å²) in [5.74, 6) is 1.93. The first-order chi connectivity index (χ1) is 12.8. The van der Waals surface area contributed by atoms with Crippen LogP contribution in [0.3, 0.4) is 0 Å². The molecule has 0 bridgehead atoms. The van der Waals surface area contributed by atoms with Gasteiger partial charge in [0.15, 0.2) is 5.75 Å². The molecule has 0 aliphatic carbocycles. The molecule has 3 atom stereocenters. The van der Waals surface area contributed by atoms with Gasteiger partial charge in [0, 0.05) is 6.07 Å². The molecule has 0 aromatic heterocycles. The normalized spacial score (nSPS) is 15.7. The van der Waals surface area contributed by atoms with Gasteiger partial charge in [-0.3, -0.25) is 10.1 Å². The Morgan fingerprint density at radius 2 is 1.54 bits per heavy atom. The van der Waals surface area contributed by atoms with Gasteiger partial charge in [-0.2, -0.15) is 0 Å². The molecule has 0 aliphatic heterocycles. The molecule has 0 saturated carbocycles. The molecule has 0 saturated heterocycles. The molecule has 1 rings (SSSR count). The van der Waals surface area contributed by atoms with Crippen LogP contribution in [-0.2, 0) is 0 Å². The van der Waals surface area contributed by atoms with Crippen LogP contribution in [0.5, 0.6) is 5.75 Å². The van der Waals surface area contributed by atoms with Gasteiger partial charge in [0.2, 0.25) is 0 Å². The molecule has 28 heavy (non-hydrogen) atoms. The summed E-state index contributed by atoms with van der Waals surface area (Å²) in [6.45, 7) is 18.8. The number of rotatable bonds is 10. The number of hydrogen-bond acceptors (Lipinski definition) is 3. The van der Waals surface area contributed by atoms with E-state index in [-0.39, 0.29) is 16.0 Å². The van der Waals surface area contributed by atoms with E-state index in [9.17, 15) is 10.1 Å². The summed E-state index contributed by atoms with van der Waals surface area (Å²) in [6.07, 6.45) is 4.58. The van der Waals surface area contributed by atoms with Crippen LogP contribution < -0.4 is 4.74 Å². The maximum atomic E-state index is 11.3. The molecule has 1 aromatic rings. The van der Waals surface area contributed by atoms with E-state index in [0.717, 1.165) is 19.3 Å². The van der Waals surface area contributed by atoms with Gasteiger partial charge in [-0.05, 0) is 53.9 Å². The Labute approximate surface area is 172 Å². The Balaban J connectivity index is 2.82. The SMILES string of the molecule is C[C@H](CC[C@@H](COc1ccccc1[N+](=O)[O-])[C@H](C)CC(C)(C)C)CC(C)(C)C. The highest BCUT2D eigenvalue weighted by Crippen LogP contribution is 2.35. The van der Waals surface area contributed by atoms with Crippen molar-refractivity contribution in [1.29, 1.82) is 0 Å². The predicted octanol–water partition coefficient (Wildman–Crippen LogP) is 7.51. The maximum absolute atomic E-state index is 11.3. The maximum Gasteiger partial charge on any atom is 0.310 e. The largest absolute Gasteiger partial charge is 0.487 e. The van der Waals surface area contributed by atoms with Gasteiger partial charge in [0.05, 0.1) is 11.5 Å². The summed E-state index contributed by atoms with van der Waals surface area (Å²) >= 11 is 0. The first kappa shape index (κ1) is 24.5. The van der Waals surface area contributed by atoms with Crippen molar-refractivity contribution in [1.82, 2.24) is 0 Å². The van der Waals surface area contributed by atoms with Crippen molar-refractivity contribution < 1.29 is 9.66 Å². The fourth-order valence-corrected chi connectivity index (χ4v) is 4.24. The van der Waals surface area contributed by atoms with Crippen LogP contribution in [0.15, 0.2) is 24.3 Å². The van der Waals surface area contributed by atoms with Crippen LogP contribution in [0.4, 0.5) is 5.69 Å². The van der Waals surface area contributed by atoms with Crippen LogP contribution in [0.2, 0.25) is 0 Å². The van der Waals surface area contributed by atoms with E-state index < -0.39 is 0 Å². The van der Waals surface area contributed by atoms with Crippen LogP contribution in [0.1, 0.15) is 81.1 Å². The Bertz CT molecular complexity index is 613. The van der Waals surface area contributed by atoms with Crippen molar-refractivity contribution >= 4 is 5.69 Å². The van der Waals surface area contributed by atoms with Gasteiger partial charge in [0.25, 0.3) is 0 Å². The van der Waals surface area contributed by atoms with E-state index in [1.807, 2.05) is 0 Å². The van der Waals surface area contributed by atoms with E-state index in [2.05, 4.69) is 55.4 Å². The van der Waals surface area contributed by atoms with Gasteiger partial charge in [0.1, 0.15) is 0 Å². The third-order valence-electron chi connectivity index (χ3n) is 5.25. The van der Waals surface area contributed by atoms with Crippen molar-refractivity contribution in [3.8, 4) is 5.75 Å². The second kappa shape index (κ2) is 10.3. The van der Waals surface area contributed by atoms with E-state index in [4.69, 9.17) is 4.74 Å².